The van der Waals surface area contributed by atoms with Crippen molar-refractivity contribution in [3.63, 3.8) is 0 Å². The van der Waals surface area contributed by atoms with Crippen molar-refractivity contribution in [2.45, 2.75) is 10.9 Å². The van der Waals surface area contributed by atoms with E-state index in [1.807, 2.05) is 48.5 Å². The van der Waals surface area contributed by atoms with Crippen LogP contribution in [0.1, 0.15) is 5.01 Å². The lowest BCUT2D eigenvalue weighted by atomic mass is 10.3. The maximum absolute atomic E-state index is 11.9. The Morgan fingerprint density at radius 2 is 1.62 bits per heavy atom. The van der Waals surface area contributed by atoms with E-state index >= 15 is 0 Å². The van der Waals surface area contributed by atoms with Crippen LogP contribution in [0.5, 0.6) is 0 Å². The van der Waals surface area contributed by atoms with Crippen molar-refractivity contribution in [1.29, 1.82) is 0 Å². The zero-order valence-electron chi connectivity index (χ0n) is 12.5. The van der Waals surface area contributed by atoms with E-state index < -0.39 is 0 Å². The molecule has 0 amide bonds. The number of benzene rings is 2. The van der Waals surface area contributed by atoms with Gasteiger partial charge in [-0.15, -0.1) is 22.7 Å². The Morgan fingerprint density at radius 3 is 2.33 bits per heavy atom. The summed E-state index contributed by atoms with van der Waals surface area (Å²) in [6, 6.07) is 15.9. The summed E-state index contributed by atoms with van der Waals surface area (Å²) in [6.45, 7) is 0.221. The number of hydrogen-bond donors (Lipinski definition) is 0. The standard InChI is InChI=1S/C17H12N2O2S3/c20-16(10-22-17-19-12-6-2-4-8-14(12)24-17)21-9-15-18-11-5-1-3-7-13(11)23-15/h1-8H,9-10H2. The molecule has 0 aliphatic carbocycles. The summed E-state index contributed by atoms with van der Waals surface area (Å²) < 4.78 is 8.43. The quantitative estimate of drug-likeness (QED) is 0.374. The van der Waals surface area contributed by atoms with Crippen molar-refractivity contribution >= 4 is 60.8 Å². The molecular weight excluding hydrogens is 360 g/mol. The summed E-state index contributed by atoms with van der Waals surface area (Å²) in [6.07, 6.45) is 0. The van der Waals surface area contributed by atoms with Crippen molar-refractivity contribution in [1.82, 2.24) is 9.97 Å². The summed E-state index contributed by atoms with van der Waals surface area (Å²) in [4.78, 5) is 20.9. The Labute approximate surface area is 150 Å². The zero-order valence-corrected chi connectivity index (χ0v) is 14.9. The van der Waals surface area contributed by atoms with Gasteiger partial charge in [0.15, 0.2) is 4.34 Å². The van der Waals surface area contributed by atoms with Gasteiger partial charge in [-0.1, -0.05) is 36.0 Å². The second kappa shape index (κ2) is 6.88. The lowest BCUT2D eigenvalue weighted by Crippen LogP contribution is -2.06. The van der Waals surface area contributed by atoms with Crippen LogP contribution in [0.4, 0.5) is 0 Å². The zero-order chi connectivity index (χ0) is 16.4. The monoisotopic (exact) mass is 372 g/mol. The molecule has 0 saturated heterocycles. The molecule has 2 heterocycles. The van der Waals surface area contributed by atoms with E-state index in [-0.39, 0.29) is 18.3 Å². The summed E-state index contributed by atoms with van der Waals surface area (Å²) in [5, 5.41) is 0.814. The molecule has 4 aromatic rings. The second-order valence-electron chi connectivity index (χ2n) is 4.97. The molecule has 4 nitrogen and oxygen atoms in total. The van der Waals surface area contributed by atoms with Crippen LogP contribution in [0.2, 0.25) is 0 Å². The number of thioether (sulfide) groups is 1. The highest BCUT2D eigenvalue weighted by Crippen LogP contribution is 2.29. The largest absolute Gasteiger partial charge is 0.458 e. The van der Waals surface area contributed by atoms with Gasteiger partial charge in [-0.3, -0.25) is 4.79 Å². The lowest BCUT2D eigenvalue weighted by Gasteiger charge is -2.00. The van der Waals surface area contributed by atoms with E-state index in [9.17, 15) is 4.79 Å². The number of carbonyl (C=O) groups is 1. The molecule has 0 unspecified atom stereocenters. The molecule has 0 N–H and O–H groups in total. The molecule has 0 radical (unpaired) electrons. The number of carbonyl (C=O) groups excluding carboxylic acids is 1. The van der Waals surface area contributed by atoms with Crippen LogP contribution >= 0.6 is 34.4 Å². The minimum Gasteiger partial charge on any atom is -0.458 e. The molecule has 0 fully saturated rings. The highest BCUT2D eigenvalue weighted by atomic mass is 32.2. The molecule has 0 atom stereocenters. The van der Waals surface area contributed by atoms with Crippen molar-refractivity contribution in [2.75, 3.05) is 5.75 Å². The molecule has 24 heavy (non-hydrogen) atoms. The summed E-state index contributed by atoms with van der Waals surface area (Å²) in [5.41, 5.74) is 1.91. The molecule has 0 bridgehead atoms. The van der Waals surface area contributed by atoms with Crippen LogP contribution < -0.4 is 0 Å². The molecule has 120 valence electrons. The summed E-state index contributed by atoms with van der Waals surface area (Å²) >= 11 is 4.55. The predicted octanol–water partition coefficient (Wildman–Crippen LogP) is 4.74. The smallest absolute Gasteiger partial charge is 0.316 e. The molecular formula is C17H12N2O2S3. The minimum absolute atomic E-state index is 0.221. The van der Waals surface area contributed by atoms with Gasteiger partial charge < -0.3 is 4.74 Å². The van der Waals surface area contributed by atoms with Gasteiger partial charge >= 0.3 is 5.97 Å². The molecule has 2 aromatic heterocycles. The van der Waals surface area contributed by atoms with Gasteiger partial charge in [-0.05, 0) is 24.3 Å². The van der Waals surface area contributed by atoms with E-state index in [1.54, 1.807) is 22.7 Å². The number of fused-ring (bicyclic) bond motifs is 2. The number of para-hydroxylation sites is 2. The Bertz CT molecular complexity index is 863. The molecule has 0 saturated carbocycles. The second-order valence-corrected chi connectivity index (χ2v) is 8.34. The number of hydrogen-bond acceptors (Lipinski definition) is 7. The molecule has 2 aromatic carbocycles. The van der Waals surface area contributed by atoms with Gasteiger partial charge in [0, 0.05) is 0 Å². The fourth-order valence-corrected chi connectivity index (χ4v) is 4.95. The Kier molecular flexibility index (Phi) is 4.46. The van der Waals surface area contributed by atoms with Gasteiger partial charge in [-0.2, -0.15) is 0 Å². The molecule has 0 aliphatic heterocycles. The van der Waals surface area contributed by atoms with Crippen molar-refractivity contribution in [3.8, 4) is 0 Å². The third-order valence-corrected chi connectivity index (χ3v) is 6.45. The van der Waals surface area contributed by atoms with Crippen LogP contribution in [0.3, 0.4) is 0 Å². The molecule has 4 rings (SSSR count). The average Bonchev–Trinajstić information content (AvgIpc) is 3.21. The number of esters is 1. The molecule has 0 aliphatic rings. The first-order valence-electron chi connectivity index (χ1n) is 7.26. The minimum atomic E-state index is -0.251. The van der Waals surface area contributed by atoms with Crippen molar-refractivity contribution in [2.24, 2.45) is 0 Å². The SMILES string of the molecule is O=C(CSc1nc2ccccc2s1)OCc1nc2ccccc2s1. The van der Waals surface area contributed by atoms with E-state index in [0.717, 1.165) is 29.8 Å². The number of rotatable bonds is 5. The van der Waals surface area contributed by atoms with E-state index in [4.69, 9.17) is 4.74 Å². The van der Waals surface area contributed by atoms with Crippen LogP contribution in [-0.4, -0.2) is 21.7 Å². The number of nitrogens with zero attached hydrogens (tertiary/aromatic N) is 2. The number of aromatic nitrogens is 2. The maximum atomic E-state index is 11.9. The average molecular weight is 372 g/mol. The summed E-state index contributed by atoms with van der Waals surface area (Å²) in [7, 11) is 0. The number of ether oxygens (including phenoxy) is 1. The van der Waals surface area contributed by atoms with Gasteiger partial charge in [0.2, 0.25) is 0 Å². The van der Waals surface area contributed by atoms with Crippen LogP contribution in [0.25, 0.3) is 20.4 Å². The van der Waals surface area contributed by atoms with Crippen LogP contribution in [0, 0.1) is 0 Å². The van der Waals surface area contributed by atoms with Gasteiger partial charge in [-0.25, -0.2) is 9.97 Å². The van der Waals surface area contributed by atoms with E-state index in [0.29, 0.717) is 0 Å². The Morgan fingerprint density at radius 1 is 0.958 bits per heavy atom. The first-order chi connectivity index (χ1) is 11.8. The van der Waals surface area contributed by atoms with Crippen LogP contribution in [0.15, 0.2) is 52.9 Å². The Balaban J connectivity index is 1.33. The van der Waals surface area contributed by atoms with Gasteiger partial charge in [0.05, 0.1) is 26.2 Å². The topological polar surface area (TPSA) is 52.1 Å². The molecule has 0 spiro atoms. The van der Waals surface area contributed by atoms with E-state index in [2.05, 4.69) is 9.97 Å². The fraction of sp³-hybridized carbons (Fsp3) is 0.118. The normalized spacial score (nSPS) is 11.2. The van der Waals surface area contributed by atoms with E-state index in [1.165, 1.54) is 11.8 Å². The first-order valence-corrected chi connectivity index (χ1v) is 9.88. The fourth-order valence-electron chi connectivity index (χ4n) is 2.20. The highest BCUT2D eigenvalue weighted by Gasteiger charge is 2.10. The predicted molar refractivity (Wildman–Crippen MR) is 99.8 cm³/mol. The van der Waals surface area contributed by atoms with Crippen LogP contribution in [-0.2, 0) is 16.1 Å². The first kappa shape index (κ1) is 15.6. The number of thiazole rings is 2. The summed E-state index contributed by atoms with van der Waals surface area (Å²) in [5.74, 6) is 0.00330. The van der Waals surface area contributed by atoms with Gasteiger partial charge in [0.25, 0.3) is 0 Å². The van der Waals surface area contributed by atoms with Crippen molar-refractivity contribution in [3.05, 3.63) is 53.5 Å². The third kappa shape index (κ3) is 3.43. The van der Waals surface area contributed by atoms with Gasteiger partial charge in [0.1, 0.15) is 11.6 Å². The lowest BCUT2D eigenvalue weighted by molar-refractivity contribution is -0.141. The van der Waals surface area contributed by atoms with Crippen molar-refractivity contribution < 1.29 is 9.53 Å². The maximum Gasteiger partial charge on any atom is 0.316 e. The Hall–Kier alpha value is -1.96. The molecule has 7 heteroatoms. The highest BCUT2D eigenvalue weighted by molar-refractivity contribution is 8.01. The third-order valence-electron chi connectivity index (χ3n) is 3.28.